The maximum Gasteiger partial charge on any atom is 0.329 e. The molecular weight excluding hydrogens is 250 g/mol. The summed E-state index contributed by atoms with van der Waals surface area (Å²) in [5.74, 6) is -0.854. The maximum atomic E-state index is 11.9. The fourth-order valence-corrected chi connectivity index (χ4v) is 1.56. The van der Waals surface area contributed by atoms with Gasteiger partial charge in [0.1, 0.15) is 0 Å². The SMILES string of the molecule is O=C(O)/C=C(\C(=O)NCCCS)c1ccccc1. The fraction of sp³-hybridized carbons (Fsp3) is 0.231. The Morgan fingerprint density at radius 2 is 1.94 bits per heavy atom. The number of hydrogen-bond acceptors (Lipinski definition) is 3. The molecule has 0 radical (unpaired) electrons. The van der Waals surface area contributed by atoms with Crippen LogP contribution in [0.3, 0.4) is 0 Å². The van der Waals surface area contributed by atoms with Crippen LogP contribution in [-0.2, 0) is 9.59 Å². The number of nitrogens with one attached hydrogen (secondary N) is 1. The summed E-state index contributed by atoms with van der Waals surface area (Å²) >= 11 is 4.04. The van der Waals surface area contributed by atoms with Gasteiger partial charge < -0.3 is 10.4 Å². The fourth-order valence-electron chi connectivity index (χ4n) is 1.40. The molecule has 1 amide bonds. The van der Waals surface area contributed by atoms with Crippen molar-refractivity contribution in [2.45, 2.75) is 6.42 Å². The van der Waals surface area contributed by atoms with Crippen molar-refractivity contribution in [3.63, 3.8) is 0 Å². The van der Waals surface area contributed by atoms with E-state index in [4.69, 9.17) is 5.11 Å². The molecule has 1 rings (SSSR count). The molecule has 0 aliphatic rings. The minimum Gasteiger partial charge on any atom is -0.478 e. The summed E-state index contributed by atoms with van der Waals surface area (Å²) in [6, 6.07) is 8.72. The number of carbonyl (C=O) groups excluding carboxylic acids is 1. The molecule has 5 heteroatoms. The zero-order valence-electron chi connectivity index (χ0n) is 9.80. The van der Waals surface area contributed by atoms with Gasteiger partial charge in [0.25, 0.3) is 5.91 Å². The number of amides is 1. The number of aliphatic carboxylic acids is 1. The Morgan fingerprint density at radius 1 is 1.28 bits per heavy atom. The van der Waals surface area contributed by atoms with Gasteiger partial charge in [0, 0.05) is 12.6 Å². The van der Waals surface area contributed by atoms with E-state index in [0.717, 1.165) is 12.5 Å². The van der Waals surface area contributed by atoms with Gasteiger partial charge in [0.15, 0.2) is 0 Å². The molecule has 0 spiro atoms. The van der Waals surface area contributed by atoms with E-state index in [9.17, 15) is 9.59 Å². The van der Waals surface area contributed by atoms with Gasteiger partial charge in [0.2, 0.25) is 0 Å². The standard InChI is InChI=1S/C13H15NO3S/c15-12(16)9-11(10-5-2-1-3-6-10)13(17)14-7-4-8-18/h1-3,5-6,9,18H,4,7-8H2,(H,14,17)(H,15,16)/b11-9-. The second kappa shape index (κ2) is 7.55. The van der Waals surface area contributed by atoms with Crippen LogP contribution < -0.4 is 5.32 Å². The predicted octanol–water partition coefficient (Wildman–Crippen LogP) is 1.59. The smallest absolute Gasteiger partial charge is 0.329 e. The van der Waals surface area contributed by atoms with Gasteiger partial charge in [-0.05, 0) is 17.7 Å². The lowest BCUT2D eigenvalue weighted by atomic mass is 10.0. The Morgan fingerprint density at radius 3 is 2.50 bits per heavy atom. The van der Waals surface area contributed by atoms with Crippen molar-refractivity contribution in [1.29, 1.82) is 0 Å². The molecule has 96 valence electrons. The first-order valence-corrected chi connectivity index (χ1v) is 6.17. The van der Waals surface area contributed by atoms with Crippen molar-refractivity contribution in [2.24, 2.45) is 0 Å². The topological polar surface area (TPSA) is 66.4 Å². The number of rotatable bonds is 6. The molecule has 4 nitrogen and oxygen atoms in total. The molecule has 2 N–H and O–H groups in total. The number of hydrogen-bond donors (Lipinski definition) is 3. The Kier molecular flexibility index (Phi) is 6.00. The van der Waals surface area contributed by atoms with Crippen molar-refractivity contribution < 1.29 is 14.7 Å². The molecule has 0 saturated heterocycles. The highest BCUT2D eigenvalue weighted by Crippen LogP contribution is 2.14. The first-order valence-electron chi connectivity index (χ1n) is 5.54. The minimum absolute atomic E-state index is 0.155. The van der Waals surface area contributed by atoms with Gasteiger partial charge in [-0.2, -0.15) is 12.6 Å². The highest BCUT2D eigenvalue weighted by atomic mass is 32.1. The summed E-state index contributed by atoms with van der Waals surface area (Å²) < 4.78 is 0. The van der Waals surface area contributed by atoms with E-state index in [2.05, 4.69) is 17.9 Å². The average Bonchev–Trinajstić information content (AvgIpc) is 2.37. The van der Waals surface area contributed by atoms with E-state index in [1.807, 2.05) is 0 Å². The minimum atomic E-state index is -1.14. The van der Waals surface area contributed by atoms with E-state index < -0.39 is 5.97 Å². The van der Waals surface area contributed by atoms with Crippen molar-refractivity contribution in [2.75, 3.05) is 12.3 Å². The van der Waals surface area contributed by atoms with E-state index >= 15 is 0 Å². The Hall–Kier alpha value is -1.75. The van der Waals surface area contributed by atoms with Crippen LogP contribution in [0.1, 0.15) is 12.0 Å². The molecule has 1 aromatic carbocycles. The molecule has 0 aliphatic heterocycles. The second-order valence-electron chi connectivity index (χ2n) is 3.60. The lowest BCUT2D eigenvalue weighted by Crippen LogP contribution is -2.26. The molecule has 0 heterocycles. The molecule has 18 heavy (non-hydrogen) atoms. The van der Waals surface area contributed by atoms with Crippen molar-refractivity contribution >= 4 is 30.1 Å². The molecule has 0 aliphatic carbocycles. The zero-order valence-corrected chi connectivity index (χ0v) is 10.7. The van der Waals surface area contributed by atoms with Crippen LogP contribution in [0.5, 0.6) is 0 Å². The van der Waals surface area contributed by atoms with E-state index in [0.29, 0.717) is 17.9 Å². The molecule has 0 unspecified atom stereocenters. The summed E-state index contributed by atoms with van der Waals surface area (Å²) in [5.41, 5.74) is 0.741. The Balaban J connectivity index is 2.87. The molecule has 0 fully saturated rings. The zero-order chi connectivity index (χ0) is 13.4. The highest BCUT2D eigenvalue weighted by molar-refractivity contribution is 7.80. The summed E-state index contributed by atoms with van der Waals surface area (Å²) in [5, 5.41) is 11.5. The largest absolute Gasteiger partial charge is 0.478 e. The van der Waals surface area contributed by atoms with Crippen LogP contribution in [0.15, 0.2) is 36.4 Å². The van der Waals surface area contributed by atoms with Gasteiger partial charge in [-0.3, -0.25) is 4.79 Å². The lowest BCUT2D eigenvalue weighted by Gasteiger charge is -2.08. The van der Waals surface area contributed by atoms with Gasteiger partial charge in [0.05, 0.1) is 5.57 Å². The first-order chi connectivity index (χ1) is 8.65. The van der Waals surface area contributed by atoms with E-state index in [1.165, 1.54) is 0 Å². The van der Waals surface area contributed by atoms with Gasteiger partial charge >= 0.3 is 5.97 Å². The van der Waals surface area contributed by atoms with Crippen LogP contribution in [0.2, 0.25) is 0 Å². The first kappa shape index (κ1) is 14.3. The molecule has 0 saturated carbocycles. The second-order valence-corrected chi connectivity index (χ2v) is 4.04. The highest BCUT2D eigenvalue weighted by Gasteiger charge is 2.12. The van der Waals surface area contributed by atoms with E-state index in [-0.39, 0.29) is 11.5 Å². The molecule has 1 aromatic rings. The van der Waals surface area contributed by atoms with Crippen LogP contribution in [0, 0.1) is 0 Å². The van der Waals surface area contributed by atoms with Crippen LogP contribution in [0.25, 0.3) is 5.57 Å². The quantitative estimate of drug-likeness (QED) is 0.416. The van der Waals surface area contributed by atoms with Gasteiger partial charge in [-0.25, -0.2) is 4.79 Å². The summed E-state index contributed by atoms with van der Waals surface area (Å²) in [6.07, 6.45) is 1.66. The van der Waals surface area contributed by atoms with Gasteiger partial charge in [-0.15, -0.1) is 0 Å². The normalized spacial score (nSPS) is 11.1. The lowest BCUT2D eigenvalue weighted by molar-refractivity contribution is -0.131. The van der Waals surface area contributed by atoms with E-state index in [1.54, 1.807) is 30.3 Å². The Labute approximate surface area is 111 Å². The van der Waals surface area contributed by atoms with Crippen molar-refractivity contribution in [1.82, 2.24) is 5.32 Å². The number of carboxylic acids is 1. The maximum absolute atomic E-state index is 11.9. The third kappa shape index (κ3) is 4.63. The molecule has 0 aromatic heterocycles. The summed E-state index contributed by atoms with van der Waals surface area (Å²) in [4.78, 5) is 22.6. The number of thiol groups is 1. The number of benzene rings is 1. The van der Waals surface area contributed by atoms with Gasteiger partial charge in [-0.1, -0.05) is 30.3 Å². The van der Waals surface area contributed by atoms with Crippen molar-refractivity contribution in [3.8, 4) is 0 Å². The third-order valence-corrected chi connectivity index (χ3v) is 2.53. The molecule has 0 atom stereocenters. The monoisotopic (exact) mass is 265 g/mol. The average molecular weight is 265 g/mol. The van der Waals surface area contributed by atoms with Crippen LogP contribution >= 0.6 is 12.6 Å². The number of carboxylic acid groups (broad SMARTS) is 1. The van der Waals surface area contributed by atoms with Crippen LogP contribution in [0.4, 0.5) is 0 Å². The summed E-state index contributed by atoms with van der Waals surface area (Å²) in [6.45, 7) is 0.478. The molecule has 0 bridgehead atoms. The third-order valence-electron chi connectivity index (χ3n) is 2.22. The van der Waals surface area contributed by atoms with Crippen molar-refractivity contribution in [3.05, 3.63) is 42.0 Å². The predicted molar refractivity (Wildman–Crippen MR) is 73.5 cm³/mol. The molecular formula is C13H15NO3S. The Bertz CT molecular complexity index is 443. The number of carbonyl (C=O) groups is 2. The van der Waals surface area contributed by atoms with Crippen LogP contribution in [-0.4, -0.2) is 29.3 Å². The summed E-state index contributed by atoms with van der Waals surface area (Å²) in [7, 11) is 0.